The molecule has 2 heterocycles. The predicted octanol–water partition coefficient (Wildman–Crippen LogP) is 0.761. The van der Waals surface area contributed by atoms with Gasteiger partial charge in [-0.05, 0) is 26.2 Å². The van der Waals surface area contributed by atoms with E-state index in [4.69, 9.17) is 0 Å². The molecule has 5 nitrogen and oxygen atoms in total. The number of hydrogen-bond donors (Lipinski definition) is 1. The zero-order valence-electron chi connectivity index (χ0n) is 12.2. The minimum atomic E-state index is -0.761. The summed E-state index contributed by atoms with van der Waals surface area (Å²) in [6.45, 7) is 3.37. The van der Waals surface area contributed by atoms with Crippen LogP contribution < -0.4 is 0 Å². The predicted molar refractivity (Wildman–Crippen MR) is 73.9 cm³/mol. The van der Waals surface area contributed by atoms with Crippen molar-refractivity contribution < 1.29 is 14.7 Å². The first-order valence-electron chi connectivity index (χ1n) is 7.77. The number of aliphatic hydroxyl groups is 1. The topological polar surface area (TPSA) is 60.9 Å². The molecule has 112 valence electrons. The van der Waals surface area contributed by atoms with E-state index in [2.05, 4.69) is 0 Å². The van der Waals surface area contributed by atoms with E-state index in [1.165, 1.54) is 12.8 Å². The molecular formula is C15H24N2O3. The van der Waals surface area contributed by atoms with E-state index < -0.39 is 5.60 Å². The van der Waals surface area contributed by atoms with Gasteiger partial charge in [0.2, 0.25) is 11.8 Å². The minimum Gasteiger partial charge on any atom is -0.388 e. The third-order valence-electron chi connectivity index (χ3n) is 5.04. The fourth-order valence-corrected chi connectivity index (χ4v) is 3.86. The molecule has 2 aliphatic heterocycles. The van der Waals surface area contributed by atoms with E-state index in [0.717, 1.165) is 12.8 Å². The fraction of sp³-hybridized carbons (Fsp3) is 0.867. The molecule has 2 unspecified atom stereocenters. The van der Waals surface area contributed by atoms with Gasteiger partial charge in [-0.2, -0.15) is 0 Å². The van der Waals surface area contributed by atoms with Crippen LogP contribution in [0.5, 0.6) is 0 Å². The number of β-amino-alcohol motifs (C(OH)–C–C–N with tert-alkyl or cyclic N) is 1. The molecule has 20 heavy (non-hydrogen) atoms. The molecule has 0 bridgehead atoms. The van der Waals surface area contributed by atoms with Crippen molar-refractivity contribution in [3.63, 3.8) is 0 Å². The first-order chi connectivity index (χ1) is 9.46. The highest BCUT2D eigenvalue weighted by atomic mass is 16.3. The van der Waals surface area contributed by atoms with Gasteiger partial charge in [-0.1, -0.05) is 12.8 Å². The molecule has 2 saturated heterocycles. The van der Waals surface area contributed by atoms with Gasteiger partial charge in [-0.25, -0.2) is 0 Å². The summed E-state index contributed by atoms with van der Waals surface area (Å²) in [7, 11) is 0. The maximum absolute atomic E-state index is 12.5. The average Bonchev–Trinajstić information content (AvgIpc) is 3.07. The zero-order valence-corrected chi connectivity index (χ0v) is 12.2. The van der Waals surface area contributed by atoms with E-state index in [0.29, 0.717) is 38.5 Å². The molecule has 0 radical (unpaired) electrons. The Morgan fingerprint density at radius 3 is 2.65 bits per heavy atom. The van der Waals surface area contributed by atoms with Crippen LogP contribution >= 0.6 is 0 Å². The molecule has 2 atom stereocenters. The van der Waals surface area contributed by atoms with Gasteiger partial charge >= 0.3 is 0 Å². The number of rotatable bonds is 2. The number of hydrogen-bond acceptors (Lipinski definition) is 3. The lowest BCUT2D eigenvalue weighted by molar-refractivity contribution is -0.135. The summed E-state index contributed by atoms with van der Waals surface area (Å²) < 4.78 is 0. The summed E-state index contributed by atoms with van der Waals surface area (Å²) in [6, 6.07) is 0.363. The van der Waals surface area contributed by atoms with Crippen molar-refractivity contribution in [1.29, 1.82) is 0 Å². The third kappa shape index (κ3) is 2.55. The summed E-state index contributed by atoms with van der Waals surface area (Å²) in [5.74, 6) is -0.00479. The van der Waals surface area contributed by atoms with Gasteiger partial charge in [0.25, 0.3) is 0 Å². The molecule has 1 N–H and O–H groups in total. The van der Waals surface area contributed by atoms with Gasteiger partial charge in [0.05, 0.1) is 11.5 Å². The Kier molecular flexibility index (Phi) is 3.48. The van der Waals surface area contributed by atoms with E-state index in [1.54, 1.807) is 11.8 Å². The first-order valence-corrected chi connectivity index (χ1v) is 7.77. The maximum atomic E-state index is 12.5. The second-order valence-corrected chi connectivity index (χ2v) is 6.89. The summed E-state index contributed by atoms with van der Waals surface area (Å²) in [6.07, 6.45) is 5.56. The Labute approximate surface area is 119 Å². The van der Waals surface area contributed by atoms with Crippen LogP contribution in [0.1, 0.15) is 45.4 Å². The second kappa shape index (κ2) is 5.02. The molecule has 2 amide bonds. The molecule has 3 rings (SSSR count). The Bertz CT molecular complexity index is 415. The summed E-state index contributed by atoms with van der Waals surface area (Å²) >= 11 is 0. The maximum Gasteiger partial charge on any atom is 0.228 e. The molecule has 3 fully saturated rings. The number of likely N-dealkylation sites (tertiary alicyclic amines) is 2. The van der Waals surface area contributed by atoms with Crippen molar-refractivity contribution in [3.8, 4) is 0 Å². The summed E-state index contributed by atoms with van der Waals surface area (Å²) in [5.41, 5.74) is -0.761. The van der Waals surface area contributed by atoms with Gasteiger partial charge in [0, 0.05) is 32.1 Å². The summed E-state index contributed by atoms with van der Waals surface area (Å²) in [5, 5.41) is 9.96. The van der Waals surface area contributed by atoms with E-state index in [9.17, 15) is 14.7 Å². The highest BCUT2D eigenvalue weighted by Crippen LogP contribution is 2.31. The standard InChI is InChI=1S/C15H24N2O3/c1-15(20)6-7-16(10-15)14(19)11-8-13(18)17(9-11)12-4-2-3-5-12/h11-12,20H,2-10H2,1H3. The number of nitrogens with zero attached hydrogens (tertiary/aromatic N) is 2. The van der Waals surface area contributed by atoms with Crippen LogP contribution in [0.2, 0.25) is 0 Å². The van der Waals surface area contributed by atoms with Crippen molar-refractivity contribution in [2.24, 2.45) is 5.92 Å². The van der Waals surface area contributed by atoms with Crippen molar-refractivity contribution in [2.45, 2.75) is 57.1 Å². The van der Waals surface area contributed by atoms with Crippen LogP contribution in [0.3, 0.4) is 0 Å². The zero-order chi connectivity index (χ0) is 14.3. The monoisotopic (exact) mass is 280 g/mol. The Balaban J connectivity index is 1.61. The molecular weight excluding hydrogens is 256 g/mol. The minimum absolute atomic E-state index is 0.0524. The molecule has 0 aromatic rings. The SMILES string of the molecule is CC1(O)CCN(C(=O)C2CC(=O)N(C3CCCC3)C2)C1. The van der Waals surface area contributed by atoms with Crippen LogP contribution in [-0.4, -0.2) is 58.0 Å². The van der Waals surface area contributed by atoms with Gasteiger partial charge in [0.1, 0.15) is 0 Å². The van der Waals surface area contributed by atoms with Crippen LogP contribution in [0.15, 0.2) is 0 Å². The van der Waals surface area contributed by atoms with Crippen molar-refractivity contribution in [3.05, 3.63) is 0 Å². The van der Waals surface area contributed by atoms with Crippen LogP contribution in [0, 0.1) is 5.92 Å². The summed E-state index contributed by atoms with van der Waals surface area (Å²) in [4.78, 5) is 28.3. The van der Waals surface area contributed by atoms with E-state index in [1.807, 2.05) is 4.90 Å². The molecule has 3 aliphatic rings. The van der Waals surface area contributed by atoms with Crippen molar-refractivity contribution in [1.82, 2.24) is 9.80 Å². The van der Waals surface area contributed by atoms with E-state index in [-0.39, 0.29) is 17.7 Å². The quantitative estimate of drug-likeness (QED) is 0.812. The van der Waals surface area contributed by atoms with E-state index >= 15 is 0 Å². The molecule has 0 spiro atoms. The van der Waals surface area contributed by atoms with Crippen molar-refractivity contribution in [2.75, 3.05) is 19.6 Å². The average molecular weight is 280 g/mol. The molecule has 1 aliphatic carbocycles. The van der Waals surface area contributed by atoms with Crippen LogP contribution in [0.25, 0.3) is 0 Å². The van der Waals surface area contributed by atoms with Crippen LogP contribution in [-0.2, 0) is 9.59 Å². The van der Waals surface area contributed by atoms with Crippen molar-refractivity contribution >= 4 is 11.8 Å². The van der Waals surface area contributed by atoms with Crippen LogP contribution in [0.4, 0.5) is 0 Å². The van der Waals surface area contributed by atoms with Gasteiger partial charge < -0.3 is 14.9 Å². The highest BCUT2D eigenvalue weighted by Gasteiger charge is 2.42. The Morgan fingerprint density at radius 1 is 1.35 bits per heavy atom. The largest absolute Gasteiger partial charge is 0.388 e. The van der Waals surface area contributed by atoms with Gasteiger partial charge in [-0.3, -0.25) is 9.59 Å². The molecule has 0 aromatic carbocycles. The Morgan fingerprint density at radius 2 is 2.05 bits per heavy atom. The molecule has 0 aromatic heterocycles. The van der Waals surface area contributed by atoms with Gasteiger partial charge in [0.15, 0.2) is 0 Å². The lowest BCUT2D eigenvalue weighted by atomic mass is 10.1. The Hall–Kier alpha value is -1.10. The fourth-order valence-electron chi connectivity index (χ4n) is 3.86. The van der Waals surface area contributed by atoms with Gasteiger partial charge in [-0.15, -0.1) is 0 Å². The lowest BCUT2D eigenvalue weighted by Crippen LogP contribution is -2.39. The number of carbonyl (C=O) groups is 2. The number of carbonyl (C=O) groups excluding carboxylic acids is 2. The first kappa shape index (κ1) is 13.9. The molecule has 5 heteroatoms. The normalized spacial score (nSPS) is 35.3. The molecule has 1 saturated carbocycles. The highest BCUT2D eigenvalue weighted by molar-refractivity contribution is 5.89. The smallest absolute Gasteiger partial charge is 0.228 e. The number of amides is 2. The third-order valence-corrected chi connectivity index (χ3v) is 5.04. The second-order valence-electron chi connectivity index (χ2n) is 6.89. The lowest BCUT2D eigenvalue weighted by Gasteiger charge is -2.25.